The molecule has 2 aliphatic rings. The summed E-state index contributed by atoms with van der Waals surface area (Å²) in [6.07, 6.45) is 8.04. The number of hydrogen-bond acceptors (Lipinski definition) is 3. The van der Waals surface area contributed by atoms with Crippen LogP contribution in [0.15, 0.2) is 30.6 Å². The molecule has 0 spiro atoms. The zero-order valence-corrected chi connectivity index (χ0v) is 14.7. The highest BCUT2D eigenvalue weighted by Gasteiger charge is 2.40. The fraction of sp³-hybridized carbons (Fsp3) is 0.600. The third-order valence-corrected chi connectivity index (χ3v) is 5.86. The first-order chi connectivity index (χ1) is 12.2. The minimum Gasteiger partial charge on any atom is -0.396 e. The number of likely N-dealkylation sites (tertiary alicyclic amines) is 1. The van der Waals surface area contributed by atoms with Gasteiger partial charge in [0.05, 0.1) is 24.0 Å². The molecule has 0 unspecified atom stereocenters. The Labute approximate surface area is 148 Å². The fourth-order valence-electron chi connectivity index (χ4n) is 4.28. The average molecular weight is 341 g/mol. The number of aliphatic hydroxyl groups is 1. The van der Waals surface area contributed by atoms with E-state index in [0.29, 0.717) is 13.0 Å². The van der Waals surface area contributed by atoms with E-state index in [2.05, 4.69) is 9.55 Å². The van der Waals surface area contributed by atoms with Crippen molar-refractivity contribution in [2.75, 3.05) is 19.7 Å². The van der Waals surface area contributed by atoms with Crippen LogP contribution in [-0.2, 0) is 11.3 Å². The summed E-state index contributed by atoms with van der Waals surface area (Å²) < 4.78 is 2.06. The van der Waals surface area contributed by atoms with E-state index in [0.717, 1.165) is 49.3 Å². The van der Waals surface area contributed by atoms with Gasteiger partial charge in [-0.15, -0.1) is 0 Å². The predicted molar refractivity (Wildman–Crippen MR) is 97.0 cm³/mol. The Morgan fingerprint density at radius 2 is 2.16 bits per heavy atom. The first-order valence-electron chi connectivity index (χ1n) is 9.48. The zero-order valence-electron chi connectivity index (χ0n) is 14.7. The Balaban J connectivity index is 1.38. The summed E-state index contributed by atoms with van der Waals surface area (Å²) in [6.45, 7) is 2.42. The minimum atomic E-state index is -0.0588. The summed E-state index contributed by atoms with van der Waals surface area (Å²) in [5, 5.41) is 9.97. The standard InChI is InChI=1S/C20H27N3O2/c24-14-20(12-16-6-7-16)9-3-10-22(13-20)19(25)8-11-23-15-21-17-4-1-2-5-18(17)23/h1-2,4-5,15-16,24H,3,6-14H2/t20-/m1/s1. The second kappa shape index (κ2) is 6.79. The van der Waals surface area contributed by atoms with Crippen molar-refractivity contribution in [3.8, 4) is 0 Å². The molecule has 25 heavy (non-hydrogen) atoms. The SMILES string of the molecule is O=C(CCn1cnc2ccccc21)N1CCC[C@@](CO)(CC2CC2)C1. The number of imidazole rings is 1. The number of nitrogens with zero attached hydrogens (tertiary/aromatic N) is 3. The maximum Gasteiger partial charge on any atom is 0.224 e. The van der Waals surface area contributed by atoms with Crippen molar-refractivity contribution in [3.63, 3.8) is 0 Å². The molecular formula is C20H27N3O2. The molecule has 1 aromatic carbocycles. The number of amides is 1. The number of piperidine rings is 1. The van der Waals surface area contributed by atoms with Crippen LogP contribution in [0.1, 0.15) is 38.5 Å². The topological polar surface area (TPSA) is 58.4 Å². The molecule has 0 radical (unpaired) electrons. The number of benzene rings is 1. The van der Waals surface area contributed by atoms with Crippen LogP contribution in [0.4, 0.5) is 0 Å². The Hall–Kier alpha value is -1.88. The second-order valence-electron chi connectivity index (χ2n) is 7.90. The highest BCUT2D eigenvalue weighted by Crippen LogP contribution is 2.44. The van der Waals surface area contributed by atoms with E-state index >= 15 is 0 Å². The van der Waals surface area contributed by atoms with Crippen molar-refractivity contribution in [3.05, 3.63) is 30.6 Å². The first-order valence-corrected chi connectivity index (χ1v) is 9.48. The highest BCUT2D eigenvalue weighted by atomic mass is 16.3. The van der Waals surface area contributed by atoms with Gasteiger partial charge in [0.25, 0.3) is 0 Å². The molecule has 1 aliphatic carbocycles. The van der Waals surface area contributed by atoms with Crippen molar-refractivity contribution >= 4 is 16.9 Å². The van der Waals surface area contributed by atoms with Gasteiger partial charge in [-0.1, -0.05) is 25.0 Å². The molecule has 4 rings (SSSR count). The van der Waals surface area contributed by atoms with Gasteiger partial charge in [-0.2, -0.15) is 0 Å². The molecule has 1 N–H and O–H groups in total. The van der Waals surface area contributed by atoms with Crippen LogP contribution in [0.5, 0.6) is 0 Å². The molecule has 1 amide bonds. The number of carbonyl (C=O) groups excluding carboxylic acids is 1. The van der Waals surface area contributed by atoms with Gasteiger partial charge in [0.2, 0.25) is 5.91 Å². The molecule has 2 fully saturated rings. The van der Waals surface area contributed by atoms with Crippen LogP contribution in [0.3, 0.4) is 0 Å². The third kappa shape index (κ3) is 3.56. The van der Waals surface area contributed by atoms with Gasteiger partial charge >= 0.3 is 0 Å². The Bertz CT molecular complexity index is 752. The van der Waals surface area contributed by atoms with Crippen molar-refractivity contribution in [2.24, 2.45) is 11.3 Å². The number of hydrogen-bond donors (Lipinski definition) is 1. The number of carbonyl (C=O) groups is 1. The average Bonchev–Trinajstić information content (AvgIpc) is 3.36. The summed E-state index contributed by atoms with van der Waals surface area (Å²) in [5.41, 5.74) is 1.99. The molecule has 2 aromatic rings. The van der Waals surface area contributed by atoms with Gasteiger partial charge < -0.3 is 14.6 Å². The van der Waals surface area contributed by atoms with Gasteiger partial charge in [-0.05, 0) is 37.3 Å². The lowest BCUT2D eigenvalue weighted by Gasteiger charge is -2.42. The van der Waals surface area contributed by atoms with Crippen LogP contribution in [0, 0.1) is 11.3 Å². The Morgan fingerprint density at radius 3 is 2.96 bits per heavy atom. The van der Waals surface area contributed by atoms with Crippen molar-refractivity contribution in [1.29, 1.82) is 0 Å². The molecule has 1 aromatic heterocycles. The quantitative estimate of drug-likeness (QED) is 0.879. The van der Waals surface area contributed by atoms with E-state index in [1.807, 2.05) is 35.5 Å². The molecule has 1 atom stereocenters. The molecule has 1 saturated carbocycles. The largest absolute Gasteiger partial charge is 0.396 e. The number of para-hydroxylation sites is 2. The van der Waals surface area contributed by atoms with Crippen LogP contribution in [0.25, 0.3) is 11.0 Å². The zero-order chi connectivity index (χ0) is 17.3. The lowest BCUT2D eigenvalue weighted by Crippen LogP contribution is -2.48. The maximum atomic E-state index is 12.7. The first kappa shape index (κ1) is 16.6. The third-order valence-electron chi connectivity index (χ3n) is 5.86. The van der Waals surface area contributed by atoms with Gasteiger partial charge in [-0.25, -0.2) is 4.98 Å². The summed E-state index contributed by atoms with van der Waals surface area (Å²) in [5.74, 6) is 0.977. The number of rotatable bonds is 6. The van der Waals surface area contributed by atoms with Crippen molar-refractivity contribution in [2.45, 2.75) is 45.1 Å². The van der Waals surface area contributed by atoms with Crippen molar-refractivity contribution in [1.82, 2.24) is 14.5 Å². The van der Waals surface area contributed by atoms with E-state index in [1.165, 1.54) is 12.8 Å². The number of fused-ring (bicyclic) bond motifs is 1. The number of aromatic nitrogens is 2. The summed E-state index contributed by atoms with van der Waals surface area (Å²) >= 11 is 0. The Kier molecular flexibility index (Phi) is 4.50. The fourth-order valence-corrected chi connectivity index (χ4v) is 4.28. The highest BCUT2D eigenvalue weighted by molar-refractivity contribution is 5.77. The molecule has 134 valence electrons. The minimum absolute atomic E-state index is 0.0588. The lowest BCUT2D eigenvalue weighted by molar-refractivity contribution is -0.136. The molecule has 1 aliphatic heterocycles. The molecule has 0 bridgehead atoms. The lowest BCUT2D eigenvalue weighted by atomic mass is 9.76. The van der Waals surface area contributed by atoms with Crippen LogP contribution in [0.2, 0.25) is 0 Å². The van der Waals surface area contributed by atoms with E-state index in [9.17, 15) is 9.90 Å². The predicted octanol–water partition coefficient (Wildman–Crippen LogP) is 2.83. The van der Waals surface area contributed by atoms with Crippen LogP contribution >= 0.6 is 0 Å². The number of aliphatic hydroxyl groups excluding tert-OH is 1. The van der Waals surface area contributed by atoms with E-state index < -0.39 is 0 Å². The molecular weight excluding hydrogens is 314 g/mol. The van der Waals surface area contributed by atoms with Gasteiger partial charge in [0, 0.05) is 31.5 Å². The number of aryl methyl sites for hydroxylation is 1. The van der Waals surface area contributed by atoms with Gasteiger partial charge in [0.1, 0.15) is 0 Å². The van der Waals surface area contributed by atoms with Gasteiger partial charge in [-0.3, -0.25) is 4.79 Å². The van der Waals surface area contributed by atoms with E-state index in [-0.39, 0.29) is 17.9 Å². The summed E-state index contributed by atoms with van der Waals surface area (Å²) in [4.78, 5) is 19.1. The van der Waals surface area contributed by atoms with Crippen LogP contribution in [-0.4, -0.2) is 45.2 Å². The van der Waals surface area contributed by atoms with Crippen molar-refractivity contribution < 1.29 is 9.90 Å². The Morgan fingerprint density at radius 1 is 1.32 bits per heavy atom. The van der Waals surface area contributed by atoms with E-state index in [4.69, 9.17) is 0 Å². The summed E-state index contributed by atoms with van der Waals surface area (Å²) in [6, 6.07) is 8.01. The molecule has 5 nitrogen and oxygen atoms in total. The van der Waals surface area contributed by atoms with E-state index in [1.54, 1.807) is 0 Å². The molecule has 1 saturated heterocycles. The van der Waals surface area contributed by atoms with Crippen LogP contribution < -0.4 is 0 Å². The molecule has 2 heterocycles. The monoisotopic (exact) mass is 341 g/mol. The smallest absolute Gasteiger partial charge is 0.224 e. The molecule has 5 heteroatoms. The summed E-state index contributed by atoms with van der Waals surface area (Å²) in [7, 11) is 0. The second-order valence-corrected chi connectivity index (χ2v) is 7.90. The normalized spacial score (nSPS) is 24.0. The maximum absolute atomic E-state index is 12.7. The van der Waals surface area contributed by atoms with Gasteiger partial charge in [0.15, 0.2) is 0 Å².